The normalized spacial score (nSPS) is 22.9. The predicted molar refractivity (Wildman–Crippen MR) is 75.6 cm³/mol. The summed E-state index contributed by atoms with van der Waals surface area (Å²) in [5, 5.41) is 8.89. The molecule has 2 nitrogen and oxygen atoms in total. The van der Waals surface area contributed by atoms with Gasteiger partial charge in [0.15, 0.2) is 0 Å². The maximum absolute atomic E-state index is 10.8. The Kier molecular flexibility index (Phi) is 6.17. The zero-order valence-corrected chi connectivity index (χ0v) is 11.7. The largest absolute Gasteiger partial charge is 0.478 e. The Balaban J connectivity index is 2.23. The minimum Gasteiger partial charge on any atom is -0.478 e. The second-order valence-corrected chi connectivity index (χ2v) is 5.67. The molecule has 0 spiro atoms. The first-order valence-corrected chi connectivity index (χ1v) is 7.20. The van der Waals surface area contributed by atoms with Crippen LogP contribution in [0.3, 0.4) is 0 Å². The summed E-state index contributed by atoms with van der Waals surface area (Å²) in [5.41, 5.74) is 0.611. The van der Waals surface area contributed by atoms with Gasteiger partial charge in [0.2, 0.25) is 0 Å². The molecular formula is C16H26O2. The van der Waals surface area contributed by atoms with E-state index >= 15 is 0 Å². The summed E-state index contributed by atoms with van der Waals surface area (Å²) >= 11 is 0. The minimum absolute atomic E-state index is 0.170. The van der Waals surface area contributed by atoms with Crippen LogP contribution in [-0.4, -0.2) is 11.1 Å². The molecule has 102 valence electrons. The van der Waals surface area contributed by atoms with Gasteiger partial charge < -0.3 is 5.11 Å². The van der Waals surface area contributed by atoms with Gasteiger partial charge in [0.25, 0.3) is 0 Å². The number of carbonyl (C=O) groups is 1. The van der Waals surface area contributed by atoms with Crippen molar-refractivity contribution >= 4 is 5.97 Å². The topological polar surface area (TPSA) is 37.3 Å². The van der Waals surface area contributed by atoms with Crippen LogP contribution >= 0.6 is 0 Å². The quantitative estimate of drug-likeness (QED) is 0.633. The van der Waals surface area contributed by atoms with E-state index in [1.54, 1.807) is 6.08 Å². The van der Waals surface area contributed by atoms with Crippen molar-refractivity contribution in [2.24, 2.45) is 5.41 Å². The standard InChI is InChI=1S/C16H26O2/c1-3-4-5-6-7-8-11-16(2)12-9-14(10-13-16)15(17)18/h9-10,12H,3-8,11,13H2,1-2H3,(H,17,18). The third kappa shape index (κ3) is 5.07. The Bertz CT molecular complexity index is 328. The zero-order valence-electron chi connectivity index (χ0n) is 11.7. The molecule has 0 radical (unpaired) electrons. The van der Waals surface area contributed by atoms with Crippen molar-refractivity contribution in [1.82, 2.24) is 0 Å². The number of unbranched alkanes of at least 4 members (excludes halogenated alkanes) is 5. The second kappa shape index (κ2) is 7.40. The van der Waals surface area contributed by atoms with Gasteiger partial charge in [0.1, 0.15) is 0 Å². The highest BCUT2D eigenvalue weighted by molar-refractivity contribution is 5.90. The van der Waals surface area contributed by atoms with Crippen LogP contribution in [0.25, 0.3) is 0 Å². The number of aliphatic carboxylic acids is 1. The van der Waals surface area contributed by atoms with Crippen molar-refractivity contribution in [3.05, 3.63) is 23.8 Å². The molecule has 0 amide bonds. The summed E-state index contributed by atoms with van der Waals surface area (Å²) in [4.78, 5) is 10.8. The Morgan fingerprint density at radius 3 is 2.50 bits per heavy atom. The van der Waals surface area contributed by atoms with Gasteiger partial charge in [0.05, 0.1) is 5.57 Å². The van der Waals surface area contributed by atoms with E-state index in [0.29, 0.717) is 5.57 Å². The van der Waals surface area contributed by atoms with Gasteiger partial charge in [-0.25, -0.2) is 4.79 Å². The minimum atomic E-state index is -0.812. The maximum Gasteiger partial charge on any atom is 0.335 e. The van der Waals surface area contributed by atoms with E-state index < -0.39 is 5.97 Å². The van der Waals surface area contributed by atoms with Crippen LogP contribution < -0.4 is 0 Å². The third-order valence-corrected chi connectivity index (χ3v) is 3.80. The van der Waals surface area contributed by atoms with Crippen LogP contribution in [0.5, 0.6) is 0 Å². The van der Waals surface area contributed by atoms with Crippen molar-refractivity contribution in [3.63, 3.8) is 0 Å². The molecule has 0 saturated heterocycles. The molecule has 0 aliphatic heterocycles. The van der Waals surface area contributed by atoms with Crippen molar-refractivity contribution in [2.45, 2.75) is 65.2 Å². The SMILES string of the molecule is CCCCCCCCC1(C)C=CC(C(=O)O)=CC1. The number of carboxylic acids is 1. The summed E-state index contributed by atoms with van der Waals surface area (Å²) in [6.45, 7) is 4.46. The first-order valence-electron chi connectivity index (χ1n) is 7.20. The summed E-state index contributed by atoms with van der Waals surface area (Å²) < 4.78 is 0. The Hall–Kier alpha value is -1.05. The van der Waals surface area contributed by atoms with Gasteiger partial charge in [-0.05, 0) is 18.3 Å². The molecule has 0 fully saturated rings. The number of allylic oxidation sites excluding steroid dienone is 2. The van der Waals surface area contributed by atoms with E-state index in [1.165, 1.54) is 44.9 Å². The summed E-state index contributed by atoms with van der Waals surface area (Å²) in [7, 11) is 0. The fourth-order valence-corrected chi connectivity index (χ4v) is 2.42. The third-order valence-electron chi connectivity index (χ3n) is 3.80. The van der Waals surface area contributed by atoms with E-state index in [9.17, 15) is 4.79 Å². The average Bonchev–Trinajstić information content (AvgIpc) is 2.34. The molecule has 1 unspecified atom stereocenters. The number of hydrogen-bond acceptors (Lipinski definition) is 1. The molecule has 1 atom stereocenters. The highest BCUT2D eigenvalue weighted by atomic mass is 16.4. The lowest BCUT2D eigenvalue weighted by molar-refractivity contribution is -0.132. The van der Waals surface area contributed by atoms with Crippen molar-refractivity contribution in [1.29, 1.82) is 0 Å². The molecule has 1 aliphatic carbocycles. The molecule has 0 saturated carbocycles. The van der Waals surface area contributed by atoms with Crippen LogP contribution in [0.1, 0.15) is 65.2 Å². The van der Waals surface area contributed by atoms with Crippen molar-refractivity contribution in [3.8, 4) is 0 Å². The number of carboxylic acid groups (broad SMARTS) is 1. The monoisotopic (exact) mass is 250 g/mol. The van der Waals surface area contributed by atoms with Crippen LogP contribution in [0.2, 0.25) is 0 Å². The first-order chi connectivity index (χ1) is 8.57. The molecule has 0 aromatic carbocycles. The number of hydrogen-bond donors (Lipinski definition) is 1. The molecule has 0 heterocycles. The van der Waals surface area contributed by atoms with Gasteiger partial charge in [-0.1, -0.05) is 70.6 Å². The fourth-order valence-electron chi connectivity index (χ4n) is 2.42. The van der Waals surface area contributed by atoms with E-state index in [0.717, 1.165) is 6.42 Å². The van der Waals surface area contributed by atoms with Crippen molar-refractivity contribution < 1.29 is 9.90 Å². The van der Waals surface area contributed by atoms with Gasteiger partial charge in [-0.2, -0.15) is 0 Å². The lowest BCUT2D eigenvalue weighted by Gasteiger charge is -2.27. The summed E-state index contributed by atoms with van der Waals surface area (Å²) in [5.74, 6) is -0.812. The maximum atomic E-state index is 10.8. The predicted octanol–water partition coefficient (Wildman–Crippen LogP) is 4.71. The molecule has 1 N–H and O–H groups in total. The summed E-state index contributed by atoms with van der Waals surface area (Å²) in [6.07, 6.45) is 15.6. The zero-order chi connectivity index (χ0) is 13.4. The highest BCUT2D eigenvalue weighted by Crippen LogP contribution is 2.34. The van der Waals surface area contributed by atoms with E-state index in [-0.39, 0.29) is 5.41 Å². The smallest absolute Gasteiger partial charge is 0.335 e. The number of rotatable bonds is 8. The lowest BCUT2D eigenvalue weighted by atomic mass is 9.78. The highest BCUT2D eigenvalue weighted by Gasteiger charge is 2.23. The molecular weight excluding hydrogens is 224 g/mol. The van der Waals surface area contributed by atoms with Crippen LogP contribution in [0.15, 0.2) is 23.8 Å². The Morgan fingerprint density at radius 2 is 1.94 bits per heavy atom. The van der Waals surface area contributed by atoms with Gasteiger partial charge in [-0.15, -0.1) is 0 Å². The molecule has 0 bridgehead atoms. The lowest BCUT2D eigenvalue weighted by Crippen LogP contribution is -2.16. The Morgan fingerprint density at radius 1 is 1.28 bits per heavy atom. The van der Waals surface area contributed by atoms with Gasteiger partial charge in [-0.3, -0.25) is 0 Å². The van der Waals surface area contributed by atoms with Gasteiger partial charge in [0, 0.05) is 0 Å². The molecule has 2 heteroatoms. The van der Waals surface area contributed by atoms with E-state index in [4.69, 9.17) is 5.11 Å². The van der Waals surface area contributed by atoms with Crippen LogP contribution in [0, 0.1) is 5.41 Å². The fraction of sp³-hybridized carbons (Fsp3) is 0.688. The molecule has 0 aromatic heterocycles. The second-order valence-electron chi connectivity index (χ2n) is 5.67. The average molecular weight is 250 g/mol. The molecule has 18 heavy (non-hydrogen) atoms. The Labute approximate surface area is 111 Å². The van der Waals surface area contributed by atoms with E-state index in [1.807, 2.05) is 6.08 Å². The summed E-state index contributed by atoms with van der Waals surface area (Å²) in [6, 6.07) is 0. The van der Waals surface area contributed by atoms with Crippen LogP contribution in [-0.2, 0) is 4.79 Å². The van der Waals surface area contributed by atoms with E-state index in [2.05, 4.69) is 19.9 Å². The van der Waals surface area contributed by atoms with Gasteiger partial charge >= 0.3 is 5.97 Å². The van der Waals surface area contributed by atoms with Crippen LogP contribution in [0.4, 0.5) is 0 Å². The molecule has 1 aliphatic rings. The van der Waals surface area contributed by atoms with Crippen molar-refractivity contribution in [2.75, 3.05) is 0 Å². The molecule has 0 aromatic rings. The first kappa shape index (κ1) is 15.0. The molecule has 1 rings (SSSR count).